The number of carbonyl (C=O) groups is 1. The molecule has 0 saturated carbocycles. The van der Waals surface area contributed by atoms with Crippen molar-refractivity contribution in [1.82, 2.24) is 4.90 Å². The molecule has 1 aromatic carbocycles. The zero-order valence-corrected chi connectivity index (χ0v) is 11.7. The minimum absolute atomic E-state index is 0.168. The van der Waals surface area contributed by atoms with Gasteiger partial charge in [-0.25, -0.2) is 13.2 Å². The largest absolute Gasteiger partial charge is 0.324 e. The summed E-state index contributed by atoms with van der Waals surface area (Å²) in [6.07, 6.45) is 2.29. The first-order valence-electron chi connectivity index (χ1n) is 6.26. The van der Waals surface area contributed by atoms with Crippen LogP contribution in [0, 0.1) is 0 Å². The van der Waals surface area contributed by atoms with Crippen LogP contribution in [0.2, 0.25) is 0 Å². The van der Waals surface area contributed by atoms with Gasteiger partial charge in [0.05, 0.1) is 5.25 Å². The first kappa shape index (κ1) is 13.9. The van der Waals surface area contributed by atoms with Gasteiger partial charge in [0.2, 0.25) is 0 Å². The first-order chi connectivity index (χ1) is 8.97. The van der Waals surface area contributed by atoms with Crippen LogP contribution < -0.4 is 5.32 Å². The van der Waals surface area contributed by atoms with Crippen LogP contribution in [-0.2, 0) is 9.84 Å². The summed E-state index contributed by atoms with van der Waals surface area (Å²) >= 11 is 0. The van der Waals surface area contributed by atoms with Crippen LogP contribution in [-0.4, -0.2) is 43.9 Å². The number of nitrogens with one attached hydrogen (secondary N) is 1. The average Bonchev–Trinajstić information content (AvgIpc) is 2.39. The van der Waals surface area contributed by atoms with Gasteiger partial charge < -0.3 is 10.2 Å². The van der Waals surface area contributed by atoms with Gasteiger partial charge in [-0.05, 0) is 25.0 Å². The molecule has 0 bridgehead atoms. The third-order valence-corrected chi connectivity index (χ3v) is 5.04. The molecule has 6 heteroatoms. The molecule has 0 radical (unpaired) electrons. The molecule has 0 spiro atoms. The molecule has 104 valence electrons. The number of hydrogen-bond acceptors (Lipinski definition) is 3. The lowest BCUT2D eigenvalue weighted by Gasteiger charge is -2.31. The van der Waals surface area contributed by atoms with Crippen molar-refractivity contribution in [2.75, 3.05) is 24.7 Å². The fraction of sp³-hybridized carbons (Fsp3) is 0.462. The molecule has 1 aliphatic heterocycles. The van der Waals surface area contributed by atoms with Crippen molar-refractivity contribution in [2.24, 2.45) is 0 Å². The minimum atomic E-state index is -2.99. The Kier molecular flexibility index (Phi) is 4.09. The average molecular weight is 282 g/mol. The smallest absolute Gasteiger partial charge is 0.321 e. The summed E-state index contributed by atoms with van der Waals surface area (Å²) in [5.74, 6) is 0. The van der Waals surface area contributed by atoms with E-state index in [-0.39, 0.29) is 11.3 Å². The van der Waals surface area contributed by atoms with Crippen molar-refractivity contribution in [3.05, 3.63) is 30.3 Å². The number of likely N-dealkylation sites (tertiary alicyclic amines) is 1. The number of piperidine rings is 1. The summed E-state index contributed by atoms with van der Waals surface area (Å²) in [5, 5.41) is 2.49. The Labute approximate surface area is 113 Å². The maximum Gasteiger partial charge on any atom is 0.321 e. The van der Waals surface area contributed by atoms with Crippen molar-refractivity contribution in [3.63, 3.8) is 0 Å². The van der Waals surface area contributed by atoms with Crippen LogP contribution >= 0.6 is 0 Å². The molecule has 1 aliphatic rings. The van der Waals surface area contributed by atoms with Crippen LogP contribution in [0.3, 0.4) is 0 Å². The van der Waals surface area contributed by atoms with Crippen LogP contribution in [0.5, 0.6) is 0 Å². The molecule has 1 fully saturated rings. The standard InChI is InChI=1S/C13H18N2O3S/c1-19(17,18)12-7-9-15(10-8-12)13(16)14-11-5-3-2-4-6-11/h2-6,12H,7-10H2,1H3,(H,14,16). The molecule has 0 aromatic heterocycles. The summed E-state index contributed by atoms with van der Waals surface area (Å²) in [4.78, 5) is 13.7. The molecule has 19 heavy (non-hydrogen) atoms. The third kappa shape index (κ3) is 3.70. The van der Waals surface area contributed by atoms with E-state index in [2.05, 4.69) is 5.32 Å². The number of benzene rings is 1. The summed E-state index contributed by atoms with van der Waals surface area (Å²) in [6, 6.07) is 9.06. The van der Waals surface area contributed by atoms with E-state index in [9.17, 15) is 13.2 Å². The fourth-order valence-electron chi connectivity index (χ4n) is 2.21. The zero-order valence-electron chi connectivity index (χ0n) is 10.9. The highest BCUT2D eigenvalue weighted by Gasteiger charge is 2.28. The lowest BCUT2D eigenvalue weighted by atomic mass is 10.1. The van der Waals surface area contributed by atoms with Crippen molar-refractivity contribution in [3.8, 4) is 0 Å². The van der Waals surface area contributed by atoms with E-state index < -0.39 is 9.84 Å². The summed E-state index contributed by atoms with van der Waals surface area (Å²) in [5.41, 5.74) is 0.748. The van der Waals surface area contributed by atoms with Crippen LogP contribution in [0.4, 0.5) is 10.5 Å². The van der Waals surface area contributed by atoms with E-state index >= 15 is 0 Å². The number of anilines is 1. The van der Waals surface area contributed by atoms with E-state index in [0.717, 1.165) is 5.69 Å². The molecule has 5 nitrogen and oxygen atoms in total. The van der Waals surface area contributed by atoms with Gasteiger partial charge in [0.1, 0.15) is 9.84 Å². The number of urea groups is 1. The van der Waals surface area contributed by atoms with Crippen LogP contribution in [0.25, 0.3) is 0 Å². The Balaban J connectivity index is 1.90. The number of rotatable bonds is 2. The van der Waals surface area contributed by atoms with Gasteiger partial charge in [-0.2, -0.15) is 0 Å². The molecule has 1 heterocycles. The SMILES string of the molecule is CS(=O)(=O)C1CCN(C(=O)Nc2ccccc2)CC1. The predicted octanol–water partition coefficient (Wildman–Crippen LogP) is 1.73. The molecular formula is C13H18N2O3S. The normalized spacial score (nSPS) is 17.2. The van der Waals surface area contributed by atoms with Gasteiger partial charge in [0, 0.05) is 25.0 Å². The number of nitrogens with zero attached hydrogens (tertiary/aromatic N) is 1. The molecule has 0 atom stereocenters. The summed E-state index contributed by atoms with van der Waals surface area (Å²) in [7, 11) is -2.99. The Morgan fingerprint density at radius 3 is 2.32 bits per heavy atom. The van der Waals surface area contributed by atoms with Crippen molar-refractivity contribution in [2.45, 2.75) is 18.1 Å². The van der Waals surface area contributed by atoms with Crippen molar-refractivity contribution in [1.29, 1.82) is 0 Å². The van der Waals surface area contributed by atoms with Gasteiger partial charge in [-0.1, -0.05) is 18.2 Å². The van der Waals surface area contributed by atoms with Gasteiger partial charge in [0.25, 0.3) is 0 Å². The summed E-state index contributed by atoms with van der Waals surface area (Å²) in [6.45, 7) is 0.965. The molecule has 0 unspecified atom stereocenters. The van der Waals surface area contributed by atoms with Crippen molar-refractivity contribution < 1.29 is 13.2 Å². The fourth-order valence-corrected chi connectivity index (χ4v) is 3.28. The molecule has 1 N–H and O–H groups in total. The van der Waals surface area contributed by atoms with Crippen molar-refractivity contribution >= 4 is 21.6 Å². The maximum absolute atomic E-state index is 12.0. The van der Waals surface area contributed by atoms with Gasteiger partial charge in [-0.3, -0.25) is 0 Å². The maximum atomic E-state index is 12.0. The number of para-hydroxylation sites is 1. The Hall–Kier alpha value is -1.56. The monoisotopic (exact) mass is 282 g/mol. The van der Waals surface area contributed by atoms with E-state index in [4.69, 9.17) is 0 Å². The third-order valence-electron chi connectivity index (χ3n) is 3.36. The molecule has 0 aliphatic carbocycles. The second-order valence-electron chi connectivity index (χ2n) is 4.81. The van der Waals surface area contributed by atoms with Gasteiger partial charge in [0.15, 0.2) is 0 Å². The van der Waals surface area contributed by atoms with Gasteiger partial charge in [-0.15, -0.1) is 0 Å². The second kappa shape index (κ2) is 5.61. The lowest BCUT2D eigenvalue weighted by molar-refractivity contribution is 0.200. The number of sulfone groups is 1. The quantitative estimate of drug-likeness (QED) is 0.898. The summed E-state index contributed by atoms with van der Waals surface area (Å²) < 4.78 is 22.9. The Morgan fingerprint density at radius 2 is 1.79 bits per heavy atom. The molecular weight excluding hydrogens is 264 g/mol. The zero-order chi connectivity index (χ0) is 13.9. The van der Waals surface area contributed by atoms with E-state index in [1.54, 1.807) is 4.90 Å². The van der Waals surface area contributed by atoms with E-state index in [1.165, 1.54) is 6.26 Å². The second-order valence-corrected chi connectivity index (χ2v) is 7.14. The highest BCUT2D eigenvalue weighted by molar-refractivity contribution is 7.91. The number of amides is 2. The number of hydrogen-bond donors (Lipinski definition) is 1. The molecule has 1 saturated heterocycles. The van der Waals surface area contributed by atoms with E-state index in [0.29, 0.717) is 25.9 Å². The topological polar surface area (TPSA) is 66.5 Å². The van der Waals surface area contributed by atoms with E-state index in [1.807, 2.05) is 30.3 Å². The Bertz CT molecular complexity index is 534. The first-order valence-corrected chi connectivity index (χ1v) is 8.22. The van der Waals surface area contributed by atoms with Crippen LogP contribution in [0.1, 0.15) is 12.8 Å². The highest BCUT2D eigenvalue weighted by atomic mass is 32.2. The molecule has 1 aromatic rings. The lowest BCUT2D eigenvalue weighted by Crippen LogP contribution is -2.44. The Morgan fingerprint density at radius 1 is 1.21 bits per heavy atom. The highest BCUT2D eigenvalue weighted by Crippen LogP contribution is 2.18. The number of carbonyl (C=O) groups excluding carboxylic acids is 1. The van der Waals surface area contributed by atoms with Crippen LogP contribution in [0.15, 0.2) is 30.3 Å². The predicted molar refractivity (Wildman–Crippen MR) is 74.9 cm³/mol. The van der Waals surface area contributed by atoms with Gasteiger partial charge >= 0.3 is 6.03 Å². The molecule has 2 amide bonds. The molecule has 2 rings (SSSR count). The minimum Gasteiger partial charge on any atom is -0.324 e.